The summed E-state index contributed by atoms with van der Waals surface area (Å²) in [4.78, 5) is 24.8. The highest BCUT2D eigenvalue weighted by molar-refractivity contribution is 6.31. The predicted octanol–water partition coefficient (Wildman–Crippen LogP) is 5.28. The zero-order valence-corrected chi connectivity index (χ0v) is 18.5. The first kappa shape index (κ1) is 21.9. The number of phenols is 1. The van der Waals surface area contributed by atoms with E-state index in [1.54, 1.807) is 25.1 Å². The fraction of sp³-hybridized carbons (Fsp3) is 0.292. The van der Waals surface area contributed by atoms with Gasteiger partial charge in [-0.3, -0.25) is 4.79 Å². The maximum Gasteiger partial charge on any atom is 0.342 e. The number of rotatable bonds is 6. The fourth-order valence-electron chi connectivity index (χ4n) is 3.64. The van der Waals surface area contributed by atoms with Crippen LogP contribution in [0.4, 0.5) is 10.5 Å². The van der Waals surface area contributed by atoms with Crippen molar-refractivity contribution in [3.63, 3.8) is 0 Å². The maximum atomic E-state index is 13.0. The van der Waals surface area contributed by atoms with Crippen molar-refractivity contribution >= 4 is 29.2 Å². The zero-order chi connectivity index (χ0) is 22.7. The Balaban J connectivity index is 1.63. The Kier molecular flexibility index (Phi) is 6.46. The van der Waals surface area contributed by atoms with Crippen molar-refractivity contribution in [2.24, 2.45) is 0 Å². The lowest BCUT2D eigenvalue weighted by Gasteiger charge is -2.25. The summed E-state index contributed by atoms with van der Waals surface area (Å²) < 4.78 is 1.38. The molecule has 3 N–H and O–H groups in total. The second-order valence-electron chi connectivity index (χ2n) is 7.88. The summed E-state index contributed by atoms with van der Waals surface area (Å²) >= 11 is 6.20. The Labute approximate surface area is 191 Å². The number of halogens is 1. The molecule has 1 saturated carbocycles. The Morgan fingerprint density at radius 3 is 2.66 bits per heavy atom. The lowest BCUT2D eigenvalue weighted by molar-refractivity contribution is -0.115. The summed E-state index contributed by atoms with van der Waals surface area (Å²) in [6.45, 7) is 2.05. The summed E-state index contributed by atoms with van der Waals surface area (Å²) in [7, 11) is 0. The minimum atomic E-state index is -0.354. The standard InChI is InChI=1S/C24H25ClN4O3/c1-2-23(31)27-17-10-11-22(30)18(12-17)20-13-21(15-7-5-8-15)29(28-20)24(32)26-14-16-6-3-4-9-19(16)25/h3-4,6,9-13,15,30H,2,5,7-8,14H2,1H3,(H,26,32)(H,27,31). The van der Waals surface area contributed by atoms with Gasteiger partial charge >= 0.3 is 6.03 Å². The first-order chi connectivity index (χ1) is 15.5. The van der Waals surface area contributed by atoms with Crippen LogP contribution in [0.2, 0.25) is 5.02 Å². The molecule has 0 atom stereocenters. The van der Waals surface area contributed by atoms with E-state index in [0.29, 0.717) is 28.4 Å². The van der Waals surface area contributed by atoms with Crippen LogP contribution in [0.15, 0.2) is 48.5 Å². The number of carbonyl (C=O) groups is 2. The largest absolute Gasteiger partial charge is 0.507 e. The first-order valence-corrected chi connectivity index (χ1v) is 11.1. The van der Waals surface area contributed by atoms with Crippen molar-refractivity contribution < 1.29 is 14.7 Å². The molecule has 1 aromatic heterocycles. The van der Waals surface area contributed by atoms with Gasteiger partial charge in [-0.2, -0.15) is 9.78 Å². The molecule has 32 heavy (non-hydrogen) atoms. The second kappa shape index (κ2) is 9.44. The highest BCUT2D eigenvalue weighted by Gasteiger charge is 2.27. The molecule has 1 heterocycles. The Morgan fingerprint density at radius 1 is 1.19 bits per heavy atom. The molecular formula is C24H25ClN4O3. The molecule has 0 radical (unpaired) electrons. The number of hydrogen-bond acceptors (Lipinski definition) is 4. The van der Waals surface area contributed by atoms with Crippen molar-refractivity contribution in [2.45, 2.75) is 45.1 Å². The molecule has 3 aromatic rings. The number of nitrogens with zero attached hydrogens (tertiary/aromatic N) is 2. The fourth-order valence-corrected chi connectivity index (χ4v) is 3.84. The normalized spacial score (nSPS) is 13.4. The minimum Gasteiger partial charge on any atom is -0.507 e. The minimum absolute atomic E-state index is 0.0285. The van der Waals surface area contributed by atoms with Crippen molar-refractivity contribution in [3.8, 4) is 17.0 Å². The third-order valence-electron chi connectivity index (χ3n) is 5.72. The SMILES string of the molecule is CCC(=O)Nc1ccc(O)c(-c2cc(C3CCC3)n(C(=O)NCc3ccccc3Cl)n2)c1. The van der Waals surface area contributed by atoms with E-state index in [0.717, 1.165) is 30.5 Å². The van der Waals surface area contributed by atoms with Crippen molar-refractivity contribution in [1.82, 2.24) is 15.1 Å². The number of aromatic hydroxyl groups is 1. The number of amides is 2. The Morgan fingerprint density at radius 2 is 1.97 bits per heavy atom. The molecule has 0 bridgehead atoms. The van der Waals surface area contributed by atoms with Crippen molar-refractivity contribution in [1.29, 1.82) is 0 Å². The van der Waals surface area contributed by atoms with Crippen LogP contribution in [0.3, 0.4) is 0 Å². The number of carbonyl (C=O) groups excluding carboxylic acids is 2. The second-order valence-corrected chi connectivity index (χ2v) is 8.29. The third kappa shape index (κ3) is 4.62. The monoisotopic (exact) mass is 452 g/mol. The average molecular weight is 453 g/mol. The number of aromatic nitrogens is 2. The van der Waals surface area contributed by atoms with Gasteiger partial charge in [-0.15, -0.1) is 0 Å². The van der Waals surface area contributed by atoms with Crippen LogP contribution in [0.25, 0.3) is 11.3 Å². The molecule has 0 unspecified atom stereocenters. The van der Waals surface area contributed by atoms with Crippen LogP contribution in [-0.2, 0) is 11.3 Å². The van der Waals surface area contributed by atoms with Gasteiger partial charge < -0.3 is 15.7 Å². The maximum absolute atomic E-state index is 13.0. The van der Waals surface area contributed by atoms with E-state index in [1.165, 1.54) is 10.7 Å². The highest BCUT2D eigenvalue weighted by atomic mass is 35.5. The van der Waals surface area contributed by atoms with Crippen molar-refractivity contribution in [2.75, 3.05) is 5.32 Å². The van der Waals surface area contributed by atoms with Gasteiger partial charge in [0.25, 0.3) is 0 Å². The van der Waals surface area contributed by atoms with Crippen molar-refractivity contribution in [3.05, 3.63) is 64.8 Å². The molecule has 2 aromatic carbocycles. The molecular weight excluding hydrogens is 428 g/mol. The number of nitrogens with one attached hydrogen (secondary N) is 2. The summed E-state index contributed by atoms with van der Waals surface area (Å²) in [6.07, 6.45) is 3.43. The van der Waals surface area contributed by atoms with E-state index in [2.05, 4.69) is 15.7 Å². The summed E-state index contributed by atoms with van der Waals surface area (Å²) in [5.74, 6) is 0.148. The number of phenolic OH excluding ortho intramolecular Hbond substituents is 1. The van der Waals surface area contributed by atoms with Gasteiger partial charge in [-0.25, -0.2) is 4.79 Å². The number of anilines is 1. The summed E-state index contributed by atoms with van der Waals surface area (Å²) in [6, 6.07) is 13.7. The number of benzene rings is 2. The van der Waals surface area contributed by atoms with E-state index in [4.69, 9.17) is 11.6 Å². The third-order valence-corrected chi connectivity index (χ3v) is 6.09. The summed E-state index contributed by atoms with van der Waals surface area (Å²) in [5, 5.41) is 21.2. The van der Waals surface area contributed by atoms with Gasteiger partial charge in [-0.05, 0) is 48.7 Å². The van der Waals surface area contributed by atoms with Gasteiger partial charge in [0.2, 0.25) is 5.91 Å². The molecule has 0 spiro atoms. The topological polar surface area (TPSA) is 96.2 Å². The van der Waals surface area contributed by atoms with E-state index >= 15 is 0 Å². The van der Waals surface area contributed by atoms with Crippen LogP contribution < -0.4 is 10.6 Å². The van der Waals surface area contributed by atoms with Gasteiger partial charge in [0.15, 0.2) is 0 Å². The molecule has 1 aliphatic rings. The lowest BCUT2D eigenvalue weighted by Crippen LogP contribution is -2.31. The molecule has 1 aliphatic carbocycles. The van der Waals surface area contributed by atoms with Gasteiger partial charge in [0, 0.05) is 35.2 Å². The lowest BCUT2D eigenvalue weighted by atomic mass is 9.82. The average Bonchev–Trinajstić information content (AvgIpc) is 3.17. The van der Waals surface area contributed by atoms with Crippen LogP contribution in [-0.4, -0.2) is 26.8 Å². The molecule has 0 saturated heterocycles. The van der Waals surface area contributed by atoms with Crippen LogP contribution in [0.1, 0.15) is 49.8 Å². The smallest absolute Gasteiger partial charge is 0.342 e. The predicted molar refractivity (Wildman–Crippen MR) is 124 cm³/mol. The molecule has 166 valence electrons. The number of hydrogen-bond donors (Lipinski definition) is 3. The molecule has 8 heteroatoms. The van der Waals surface area contributed by atoms with E-state index < -0.39 is 0 Å². The first-order valence-electron chi connectivity index (χ1n) is 10.7. The van der Waals surface area contributed by atoms with E-state index in [-0.39, 0.29) is 30.2 Å². The quantitative estimate of drug-likeness (QED) is 0.443. The van der Waals surface area contributed by atoms with Gasteiger partial charge in [0.05, 0.1) is 11.4 Å². The van der Waals surface area contributed by atoms with Crippen LogP contribution in [0.5, 0.6) is 5.75 Å². The molecule has 7 nitrogen and oxygen atoms in total. The van der Waals surface area contributed by atoms with Gasteiger partial charge in [-0.1, -0.05) is 43.1 Å². The summed E-state index contributed by atoms with van der Waals surface area (Å²) in [5.41, 5.74) is 3.12. The highest BCUT2D eigenvalue weighted by Crippen LogP contribution is 2.39. The molecule has 1 fully saturated rings. The van der Waals surface area contributed by atoms with E-state index in [9.17, 15) is 14.7 Å². The van der Waals surface area contributed by atoms with Crippen LogP contribution >= 0.6 is 11.6 Å². The molecule has 4 rings (SSSR count). The Hall–Kier alpha value is -3.32. The Bertz CT molecular complexity index is 1150. The zero-order valence-electron chi connectivity index (χ0n) is 17.8. The molecule has 2 amide bonds. The van der Waals surface area contributed by atoms with Crippen LogP contribution in [0, 0.1) is 0 Å². The molecule has 0 aliphatic heterocycles. The van der Waals surface area contributed by atoms with E-state index in [1.807, 2.05) is 24.3 Å². The van der Waals surface area contributed by atoms with Gasteiger partial charge in [0.1, 0.15) is 5.75 Å².